The van der Waals surface area contributed by atoms with E-state index >= 15 is 0 Å². The highest BCUT2D eigenvalue weighted by Crippen LogP contribution is 2.46. The molecule has 1 fully saturated rings. The fourth-order valence-electron chi connectivity index (χ4n) is 2.30. The Morgan fingerprint density at radius 2 is 2.10 bits per heavy atom. The van der Waals surface area contributed by atoms with Crippen LogP contribution in [0.3, 0.4) is 0 Å². The lowest BCUT2D eigenvalue weighted by Crippen LogP contribution is -2.48. The predicted octanol–water partition coefficient (Wildman–Crippen LogP) is 1.28. The first kappa shape index (κ1) is 13.6. The van der Waals surface area contributed by atoms with Crippen LogP contribution < -0.4 is 5.32 Å². The number of hydrogen-bond donors (Lipinski definition) is 2. The summed E-state index contributed by atoms with van der Waals surface area (Å²) in [6, 6.07) is 4.92. The number of anilines is 1. The van der Waals surface area contributed by atoms with Gasteiger partial charge in [0.25, 0.3) is 11.1 Å². The Morgan fingerprint density at radius 1 is 1.40 bits per heavy atom. The predicted molar refractivity (Wildman–Crippen MR) is 76.2 cm³/mol. The van der Waals surface area contributed by atoms with E-state index in [9.17, 15) is 19.5 Å². The van der Waals surface area contributed by atoms with Gasteiger partial charge in [-0.05, 0) is 30.0 Å². The second kappa shape index (κ2) is 4.31. The number of aliphatic hydroxyl groups is 1. The summed E-state index contributed by atoms with van der Waals surface area (Å²) < 4.78 is 0.668. The Labute approximate surface area is 126 Å². The molecule has 0 aliphatic carbocycles. The lowest BCUT2D eigenvalue weighted by Gasteiger charge is -2.25. The number of carbonyl (C=O) groups excluding carboxylic acids is 3. The maximum atomic E-state index is 12.1. The van der Waals surface area contributed by atoms with Gasteiger partial charge in [0, 0.05) is 22.8 Å². The maximum Gasteiger partial charge on any atom is 0.288 e. The summed E-state index contributed by atoms with van der Waals surface area (Å²) in [4.78, 5) is 36.7. The summed E-state index contributed by atoms with van der Waals surface area (Å²) >= 11 is 3.93. The van der Waals surface area contributed by atoms with Crippen molar-refractivity contribution in [1.29, 1.82) is 0 Å². The van der Waals surface area contributed by atoms with E-state index in [1.807, 2.05) is 0 Å². The van der Waals surface area contributed by atoms with Gasteiger partial charge in [-0.25, -0.2) is 0 Å². The number of imide groups is 1. The molecule has 3 amide bonds. The monoisotopic (exact) mass is 356 g/mol. The molecule has 2 aliphatic heterocycles. The number of nitrogens with one attached hydrogen (secondary N) is 1. The van der Waals surface area contributed by atoms with Crippen LogP contribution in [0.5, 0.6) is 0 Å². The quantitative estimate of drug-likeness (QED) is 0.791. The average molecular weight is 357 g/mol. The van der Waals surface area contributed by atoms with Crippen molar-refractivity contribution in [2.24, 2.45) is 0 Å². The standard InChI is InChI=1S/C12H9BrN2O4S/c1-15-9(16)8(20-11(15)18)12(19)6-4-5(13)2-3-7(6)14-10(12)17/h2-4,8,19H,1H3,(H,14,17). The lowest BCUT2D eigenvalue weighted by molar-refractivity contribution is -0.141. The van der Waals surface area contributed by atoms with Gasteiger partial charge in [-0.3, -0.25) is 19.3 Å². The summed E-state index contributed by atoms with van der Waals surface area (Å²) in [7, 11) is 1.33. The van der Waals surface area contributed by atoms with E-state index in [1.165, 1.54) is 7.05 Å². The third-order valence-corrected chi connectivity index (χ3v) is 5.16. The molecule has 1 aromatic carbocycles. The van der Waals surface area contributed by atoms with Gasteiger partial charge in [0.05, 0.1) is 0 Å². The van der Waals surface area contributed by atoms with Crippen molar-refractivity contribution in [3.63, 3.8) is 0 Å². The Balaban J connectivity index is 2.14. The van der Waals surface area contributed by atoms with Crippen LogP contribution in [0.25, 0.3) is 0 Å². The number of carbonyl (C=O) groups is 3. The molecule has 1 saturated heterocycles. The Bertz CT molecular complexity index is 665. The minimum atomic E-state index is -2.04. The second-order valence-corrected chi connectivity index (χ2v) is 6.54. The van der Waals surface area contributed by atoms with E-state index in [-0.39, 0.29) is 0 Å². The molecule has 0 spiro atoms. The molecule has 0 radical (unpaired) electrons. The topological polar surface area (TPSA) is 86.7 Å². The minimum absolute atomic E-state index is 0.297. The van der Waals surface area contributed by atoms with E-state index in [1.54, 1.807) is 18.2 Å². The van der Waals surface area contributed by atoms with Crippen molar-refractivity contribution < 1.29 is 19.5 Å². The molecule has 3 rings (SSSR count). The van der Waals surface area contributed by atoms with Crippen molar-refractivity contribution >= 4 is 50.4 Å². The van der Waals surface area contributed by atoms with Crippen LogP contribution in [0.1, 0.15) is 5.56 Å². The van der Waals surface area contributed by atoms with Crippen molar-refractivity contribution in [3.8, 4) is 0 Å². The van der Waals surface area contributed by atoms with Gasteiger partial charge in [0.15, 0.2) is 5.60 Å². The van der Waals surface area contributed by atoms with Crippen molar-refractivity contribution in [3.05, 3.63) is 28.2 Å². The Morgan fingerprint density at radius 3 is 2.70 bits per heavy atom. The van der Waals surface area contributed by atoms with Crippen LogP contribution in [0.4, 0.5) is 10.5 Å². The summed E-state index contributed by atoms with van der Waals surface area (Å²) in [6.45, 7) is 0. The lowest BCUT2D eigenvalue weighted by atomic mass is 9.91. The van der Waals surface area contributed by atoms with Crippen LogP contribution >= 0.6 is 27.7 Å². The molecule has 0 aromatic heterocycles. The second-order valence-electron chi connectivity index (χ2n) is 4.57. The number of thioether (sulfide) groups is 1. The molecular formula is C12H9BrN2O4S. The molecule has 1 aromatic rings. The zero-order chi connectivity index (χ0) is 14.7. The molecule has 0 saturated carbocycles. The van der Waals surface area contributed by atoms with Crippen molar-refractivity contribution in [2.75, 3.05) is 12.4 Å². The first-order valence-electron chi connectivity index (χ1n) is 5.67. The van der Waals surface area contributed by atoms with Crippen LogP contribution in [0.2, 0.25) is 0 Å². The molecule has 8 heteroatoms. The van der Waals surface area contributed by atoms with E-state index in [4.69, 9.17) is 0 Å². The third-order valence-electron chi connectivity index (χ3n) is 3.41. The normalized spacial score (nSPS) is 28.9. The summed E-state index contributed by atoms with van der Waals surface area (Å²) in [5.41, 5.74) is -1.30. The summed E-state index contributed by atoms with van der Waals surface area (Å²) in [5.74, 6) is -1.27. The number of hydrogen-bond acceptors (Lipinski definition) is 5. The fraction of sp³-hybridized carbons (Fsp3) is 0.250. The van der Waals surface area contributed by atoms with Gasteiger partial charge in [-0.15, -0.1) is 0 Å². The zero-order valence-electron chi connectivity index (χ0n) is 10.2. The number of fused-ring (bicyclic) bond motifs is 1. The number of amides is 3. The van der Waals surface area contributed by atoms with E-state index in [0.717, 1.165) is 4.90 Å². The molecule has 2 unspecified atom stereocenters. The highest BCUT2D eigenvalue weighted by atomic mass is 79.9. The van der Waals surface area contributed by atoms with E-state index < -0.39 is 27.9 Å². The van der Waals surface area contributed by atoms with Crippen molar-refractivity contribution in [1.82, 2.24) is 4.90 Å². The number of benzene rings is 1. The number of nitrogens with zero attached hydrogens (tertiary/aromatic N) is 1. The van der Waals surface area contributed by atoms with Gasteiger partial charge in [0.1, 0.15) is 5.25 Å². The third kappa shape index (κ3) is 1.65. The van der Waals surface area contributed by atoms with Gasteiger partial charge >= 0.3 is 0 Å². The summed E-state index contributed by atoms with van der Waals surface area (Å²) in [5, 5.41) is 11.7. The molecule has 2 atom stereocenters. The molecule has 2 heterocycles. The first-order chi connectivity index (χ1) is 9.35. The molecule has 0 bridgehead atoms. The highest BCUT2D eigenvalue weighted by Gasteiger charge is 2.59. The number of halogens is 1. The maximum absolute atomic E-state index is 12.1. The molecule has 6 nitrogen and oxygen atoms in total. The van der Waals surface area contributed by atoms with Crippen LogP contribution in [-0.4, -0.2) is 39.4 Å². The van der Waals surface area contributed by atoms with Crippen LogP contribution in [0, 0.1) is 0 Å². The van der Waals surface area contributed by atoms with E-state index in [2.05, 4.69) is 21.2 Å². The fourth-order valence-corrected chi connectivity index (χ4v) is 3.78. The highest BCUT2D eigenvalue weighted by molar-refractivity contribution is 9.10. The first-order valence-corrected chi connectivity index (χ1v) is 7.35. The Hall–Kier alpha value is -1.38. The SMILES string of the molecule is CN1C(=O)SC(C2(O)C(=O)Nc3ccc(Br)cc32)C1=O. The van der Waals surface area contributed by atoms with Gasteiger partial charge < -0.3 is 10.4 Å². The molecule has 20 heavy (non-hydrogen) atoms. The largest absolute Gasteiger partial charge is 0.374 e. The number of rotatable bonds is 1. The zero-order valence-corrected chi connectivity index (χ0v) is 12.6. The minimum Gasteiger partial charge on any atom is -0.374 e. The van der Waals surface area contributed by atoms with Gasteiger partial charge in [-0.2, -0.15) is 0 Å². The molecular weight excluding hydrogens is 348 g/mol. The van der Waals surface area contributed by atoms with Crippen LogP contribution in [-0.2, 0) is 15.2 Å². The molecule has 2 aliphatic rings. The average Bonchev–Trinajstić information content (AvgIpc) is 2.81. The van der Waals surface area contributed by atoms with Crippen molar-refractivity contribution in [2.45, 2.75) is 10.9 Å². The van der Waals surface area contributed by atoms with Gasteiger partial charge in [0.2, 0.25) is 5.91 Å². The van der Waals surface area contributed by atoms with Crippen LogP contribution in [0.15, 0.2) is 22.7 Å². The van der Waals surface area contributed by atoms with Gasteiger partial charge in [-0.1, -0.05) is 15.9 Å². The molecule has 2 N–H and O–H groups in total. The smallest absolute Gasteiger partial charge is 0.288 e. The van der Waals surface area contributed by atoms with E-state index in [0.29, 0.717) is 27.5 Å². The Kier molecular flexibility index (Phi) is 2.93. The summed E-state index contributed by atoms with van der Waals surface area (Å²) in [6.07, 6.45) is 0. The molecule has 104 valence electrons.